The summed E-state index contributed by atoms with van der Waals surface area (Å²) >= 11 is 0. The second-order valence-electron chi connectivity index (χ2n) is 3.98. The maximum Gasteiger partial charge on any atom is 0.261 e. The summed E-state index contributed by atoms with van der Waals surface area (Å²) in [7, 11) is 1.31. The van der Waals surface area contributed by atoms with Gasteiger partial charge in [0.15, 0.2) is 0 Å². The second-order valence-corrected chi connectivity index (χ2v) is 6.55. The molecule has 0 amide bonds. The van der Waals surface area contributed by atoms with Gasteiger partial charge in [0.05, 0.1) is 10.3 Å². The van der Waals surface area contributed by atoms with Crippen LogP contribution in [-0.2, 0) is 14.5 Å². The minimum Gasteiger partial charge on any atom is -0.210 e. The Bertz CT molecular complexity index is 466. The molecule has 90 valence electrons. The molecule has 0 heterocycles. The zero-order chi connectivity index (χ0) is 12.6. The van der Waals surface area contributed by atoms with Crippen LogP contribution in [-0.4, -0.2) is 14.8 Å². The maximum atomic E-state index is 12.7. The van der Waals surface area contributed by atoms with E-state index in [9.17, 15) is 17.2 Å². The number of hydrogen-bond donors (Lipinski definition) is 0. The Hall–Kier alpha value is -0.680. The summed E-state index contributed by atoms with van der Waals surface area (Å²) in [5, 5.41) is 0. The predicted molar refractivity (Wildman–Crippen MR) is 58.5 cm³/mol. The first-order valence-corrected chi connectivity index (χ1v) is 6.80. The van der Waals surface area contributed by atoms with Crippen molar-refractivity contribution in [1.82, 2.24) is 0 Å². The van der Waals surface area contributed by atoms with E-state index >= 15 is 0 Å². The molecule has 0 saturated heterocycles. The van der Waals surface area contributed by atoms with E-state index in [-0.39, 0.29) is 4.90 Å². The molecule has 0 fully saturated rings. The number of alkyl halides is 2. The van der Waals surface area contributed by atoms with Crippen LogP contribution in [0.3, 0.4) is 0 Å². The SMILES string of the molecule is CC(C)(c1ccc(S(=O)(=O)Cl)cc1)C(F)F. The second kappa shape index (κ2) is 4.30. The fourth-order valence-corrected chi connectivity index (χ4v) is 1.94. The molecule has 0 atom stereocenters. The lowest BCUT2D eigenvalue weighted by molar-refractivity contribution is 0.0694. The Labute approximate surface area is 97.7 Å². The van der Waals surface area contributed by atoms with Crippen molar-refractivity contribution >= 4 is 19.7 Å². The summed E-state index contributed by atoms with van der Waals surface area (Å²) < 4.78 is 47.3. The van der Waals surface area contributed by atoms with Crippen LogP contribution < -0.4 is 0 Å². The summed E-state index contributed by atoms with van der Waals surface area (Å²) in [5.74, 6) is 0. The fourth-order valence-electron chi connectivity index (χ4n) is 1.17. The van der Waals surface area contributed by atoms with E-state index in [1.807, 2.05) is 0 Å². The third-order valence-electron chi connectivity index (χ3n) is 2.43. The van der Waals surface area contributed by atoms with Crippen molar-refractivity contribution in [3.8, 4) is 0 Å². The molecule has 0 spiro atoms. The van der Waals surface area contributed by atoms with Crippen molar-refractivity contribution in [2.45, 2.75) is 30.6 Å². The van der Waals surface area contributed by atoms with Gasteiger partial charge in [-0.3, -0.25) is 0 Å². The molecule has 0 aromatic heterocycles. The van der Waals surface area contributed by atoms with Gasteiger partial charge >= 0.3 is 0 Å². The topological polar surface area (TPSA) is 34.1 Å². The quantitative estimate of drug-likeness (QED) is 0.789. The van der Waals surface area contributed by atoms with Crippen LogP contribution in [0.1, 0.15) is 19.4 Å². The van der Waals surface area contributed by atoms with Crippen molar-refractivity contribution in [2.24, 2.45) is 0 Å². The minimum absolute atomic E-state index is 0.0945. The largest absolute Gasteiger partial charge is 0.261 e. The van der Waals surface area contributed by atoms with Crippen LogP contribution in [0.25, 0.3) is 0 Å². The van der Waals surface area contributed by atoms with Crippen LogP contribution in [0.5, 0.6) is 0 Å². The number of benzene rings is 1. The molecular weight excluding hydrogens is 258 g/mol. The summed E-state index contributed by atoms with van der Waals surface area (Å²) in [4.78, 5) is -0.0945. The molecule has 0 unspecified atom stereocenters. The van der Waals surface area contributed by atoms with Gasteiger partial charge in [0.1, 0.15) is 0 Å². The van der Waals surface area contributed by atoms with Gasteiger partial charge in [-0.15, -0.1) is 0 Å². The zero-order valence-corrected chi connectivity index (χ0v) is 10.3. The molecule has 0 radical (unpaired) electrons. The van der Waals surface area contributed by atoms with Crippen molar-refractivity contribution in [2.75, 3.05) is 0 Å². The molecule has 0 N–H and O–H groups in total. The standard InChI is InChI=1S/C10H11ClF2O2S/c1-10(2,9(12)13)7-3-5-8(6-4-7)16(11,14)15/h3-6,9H,1-2H3. The van der Waals surface area contributed by atoms with Gasteiger partial charge in [0.25, 0.3) is 9.05 Å². The molecule has 16 heavy (non-hydrogen) atoms. The van der Waals surface area contributed by atoms with E-state index < -0.39 is 20.9 Å². The van der Waals surface area contributed by atoms with Gasteiger partial charge in [-0.2, -0.15) is 0 Å². The highest BCUT2D eigenvalue weighted by molar-refractivity contribution is 8.13. The van der Waals surface area contributed by atoms with Crippen molar-refractivity contribution in [3.63, 3.8) is 0 Å². The Morgan fingerprint density at radius 1 is 1.19 bits per heavy atom. The third-order valence-corrected chi connectivity index (χ3v) is 3.80. The normalized spacial score (nSPS) is 13.1. The Balaban J connectivity index is 3.14. The first kappa shape index (κ1) is 13.4. The summed E-state index contributed by atoms with van der Waals surface area (Å²) in [6, 6.07) is 5.15. The van der Waals surface area contributed by atoms with Gasteiger partial charge in [-0.05, 0) is 17.7 Å². The first-order valence-electron chi connectivity index (χ1n) is 4.49. The monoisotopic (exact) mass is 268 g/mol. The number of rotatable bonds is 3. The maximum absolute atomic E-state index is 12.7. The van der Waals surface area contributed by atoms with Crippen LogP contribution in [0.4, 0.5) is 8.78 Å². The van der Waals surface area contributed by atoms with Gasteiger partial charge in [-0.1, -0.05) is 26.0 Å². The summed E-state index contributed by atoms with van der Waals surface area (Å²) in [6.07, 6.45) is -2.52. The van der Waals surface area contributed by atoms with E-state index in [0.29, 0.717) is 5.56 Å². The smallest absolute Gasteiger partial charge is 0.210 e. The average molecular weight is 269 g/mol. The lowest BCUT2D eigenvalue weighted by Gasteiger charge is -2.24. The fraction of sp³-hybridized carbons (Fsp3) is 0.400. The van der Waals surface area contributed by atoms with Crippen molar-refractivity contribution in [3.05, 3.63) is 29.8 Å². The molecule has 0 aliphatic rings. The molecule has 1 aromatic carbocycles. The molecule has 0 saturated carbocycles. The number of hydrogen-bond acceptors (Lipinski definition) is 2. The Kier molecular flexibility index (Phi) is 3.59. The lowest BCUT2D eigenvalue weighted by Crippen LogP contribution is -2.26. The van der Waals surface area contributed by atoms with Crippen LogP contribution in [0.15, 0.2) is 29.2 Å². The van der Waals surface area contributed by atoms with Gasteiger partial charge in [-0.25, -0.2) is 17.2 Å². The van der Waals surface area contributed by atoms with Gasteiger partial charge in [0.2, 0.25) is 6.43 Å². The summed E-state index contributed by atoms with van der Waals surface area (Å²) in [5.41, 5.74) is -0.944. The van der Waals surface area contributed by atoms with E-state index in [1.165, 1.54) is 38.1 Å². The predicted octanol–water partition coefficient (Wildman–Crippen LogP) is 3.16. The van der Waals surface area contributed by atoms with Gasteiger partial charge in [0, 0.05) is 10.7 Å². The highest BCUT2D eigenvalue weighted by Crippen LogP contribution is 2.31. The molecule has 0 bridgehead atoms. The van der Waals surface area contributed by atoms with Crippen LogP contribution in [0, 0.1) is 0 Å². The Morgan fingerprint density at radius 2 is 1.62 bits per heavy atom. The zero-order valence-electron chi connectivity index (χ0n) is 8.75. The van der Waals surface area contributed by atoms with E-state index in [1.54, 1.807) is 0 Å². The average Bonchev–Trinajstić information content (AvgIpc) is 2.16. The number of halogens is 3. The molecule has 1 aromatic rings. The molecule has 2 nitrogen and oxygen atoms in total. The summed E-state index contributed by atoms with van der Waals surface area (Å²) in [6.45, 7) is 2.78. The molecule has 1 rings (SSSR count). The Morgan fingerprint density at radius 3 is 1.94 bits per heavy atom. The minimum atomic E-state index is -3.80. The van der Waals surface area contributed by atoms with Crippen molar-refractivity contribution in [1.29, 1.82) is 0 Å². The van der Waals surface area contributed by atoms with Crippen molar-refractivity contribution < 1.29 is 17.2 Å². The van der Waals surface area contributed by atoms with Crippen LogP contribution >= 0.6 is 10.7 Å². The van der Waals surface area contributed by atoms with Gasteiger partial charge < -0.3 is 0 Å². The van der Waals surface area contributed by atoms with E-state index in [0.717, 1.165) is 0 Å². The highest BCUT2D eigenvalue weighted by atomic mass is 35.7. The molecule has 6 heteroatoms. The molecular formula is C10H11ClF2O2S. The highest BCUT2D eigenvalue weighted by Gasteiger charge is 2.31. The first-order chi connectivity index (χ1) is 7.15. The van der Waals surface area contributed by atoms with Crippen LogP contribution in [0.2, 0.25) is 0 Å². The third kappa shape index (κ3) is 2.71. The van der Waals surface area contributed by atoms with E-state index in [2.05, 4.69) is 0 Å². The lowest BCUT2D eigenvalue weighted by atomic mass is 9.85. The molecule has 0 aliphatic heterocycles. The molecule has 0 aliphatic carbocycles. The van der Waals surface area contributed by atoms with E-state index in [4.69, 9.17) is 10.7 Å².